The molecule has 1 aliphatic heterocycles. The quantitative estimate of drug-likeness (QED) is 0.367. The molecular formula is C26H29ClN2O4S2. The summed E-state index contributed by atoms with van der Waals surface area (Å²) in [5.41, 5.74) is 3.28. The molecule has 186 valence electrons. The van der Waals surface area contributed by atoms with Crippen molar-refractivity contribution < 1.29 is 17.9 Å². The number of carbonyl (C=O) groups is 1. The highest BCUT2D eigenvalue weighted by molar-refractivity contribution is 7.89. The number of nitrogens with zero attached hydrogens (tertiary/aromatic N) is 2. The lowest BCUT2D eigenvalue weighted by molar-refractivity contribution is -0.133. The van der Waals surface area contributed by atoms with Crippen LogP contribution in [0.15, 0.2) is 64.9 Å². The molecule has 0 saturated heterocycles. The molecule has 2 heterocycles. The fourth-order valence-corrected chi connectivity index (χ4v) is 6.94. The number of carbonyl (C=O) groups excluding carboxylic acids is 1. The van der Waals surface area contributed by atoms with Crippen LogP contribution in [-0.4, -0.2) is 56.9 Å². The number of hydrogen-bond donors (Lipinski definition) is 0. The molecule has 35 heavy (non-hydrogen) atoms. The average molecular weight is 533 g/mol. The SMILES string of the molecule is COCCCN(CC(=O)N1CCc2sccc2C1c1ccccc1C)S(=O)(=O)c1ccc(Cl)cc1. The minimum Gasteiger partial charge on any atom is -0.385 e. The Labute approximate surface area is 216 Å². The predicted molar refractivity (Wildman–Crippen MR) is 139 cm³/mol. The molecule has 6 nitrogen and oxygen atoms in total. The Morgan fingerprint density at radius 1 is 1.14 bits per heavy atom. The number of fused-ring (bicyclic) bond motifs is 1. The highest BCUT2D eigenvalue weighted by atomic mass is 35.5. The van der Waals surface area contributed by atoms with Crippen LogP contribution in [0, 0.1) is 6.92 Å². The van der Waals surface area contributed by atoms with Crippen molar-refractivity contribution in [3.8, 4) is 0 Å². The minimum absolute atomic E-state index is 0.112. The molecule has 9 heteroatoms. The van der Waals surface area contributed by atoms with E-state index in [0.717, 1.165) is 23.1 Å². The first kappa shape index (κ1) is 25.9. The lowest BCUT2D eigenvalue weighted by atomic mass is 9.90. The molecular weight excluding hydrogens is 504 g/mol. The molecule has 0 radical (unpaired) electrons. The molecule has 0 fully saturated rings. The summed E-state index contributed by atoms with van der Waals surface area (Å²) < 4.78 is 33.4. The van der Waals surface area contributed by atoms with Crippen molar-refractivity contribution in [2.24, 2.45) is 0 Å². The summed E-state index contributed by atoms with van der Waals surface area (Å²) in [4.78, 5) is 17.0. The van der Waals surface area contributed by atoms with Gasteiger partial charge in [0.25, 0.3) is 0 Å². The molecule has 1 amide bonds. The number of thiophene rings is 1. The van der Waals surface area contributed by atoms with Crippen LogP contribution in [0.1, 0.15) is 34.0 Å². The molecule has 3 aromatic rings. The molecule has 1 aliphatic rings. The summed E-state index contributed by atoms with van der Waals surface area (Å²) in [6.45, 7) is 2.92. The molecule has 0 aliphatic carbocycles. The van der Waals surface area contributed by atoms with Crippen molar-refractivity contribution in [1.82, 2.24) is 9.21 Å². The molecule has 1 atom stereocenters. The lowest BCUT2D eigenvalue weighted by Crippen LogP contribution is -2.47. The van der Waals surface area contributed by atoms with Gasteiger partial charge in [-0.2, -0.15) is 4.31 Å². The summed E-state index contributed by atoms with van der Waals surface area (Å²) in [5, 5.41) is 2.51. The van der Waals surface area contributed by atoms with Gasteiger partial charge in [-0.15, -0.1) is 11.3 Å². The van der Waals surface area contributed by atoms with Crippen molar-refractivity contribution >= 4 is 38.9 Å². The molecule has 2 aromatic carbocycles. The number of methoxy groups -OCH3 is 1. The van der Waals surface area contributed by atoms with Gasteiger partial charge < -0.3 is 9.64 Å². The summed E-state index contributed by atoms with van der Waals surface area (Å²) >= 11 is 7.67. The van der Waals surface area contributed by atoms with E-state index in [1.54, 1.807) is 30.6 Å². The Hall–Kier alpha value is -2.23. The van der Waals surface area contributed by atoms with Crippen molar-refractivity contribution in [3.63, 3.8) is 0 Å². The summed E-state index contributed by atoms with van der Waals surface area (Å²) in [7, 11) is -2.33. The number of aryl methyl sites for hydroxylation is 1. The maximum absolute atomic E-state index is 13.8. The molecule has 0 spiro atoms. The Morgan fingerprint density at radius 2 is 1.89 bits per heavy atom. The van der Waals surface area contributed by atoms with E-state index in [2.05, 4.69) is 11.4 Å². The zero-order valence-corrected chi connectivity index (χ0v) is 22.2. The number of benzene rings is 2. The number of hydrogen-bond acceptors (Lipinski definition) is 5. The highest BCUT2D eigenvalue weighted by Gasteiger charge is 2.36. The van der Waals surface area contributed by atoms with E-state index in [-0.39, 0.29) is 29.9 Å². The third kappa shape index (κ3) is 5.62. The fourth-order valence-electron chi connectivity index (χ4n) is 4.48. The van der Waals surface area contributed by atoms with Crippen LogP contribution >= 0.6 is 22.9 Å². The summed E-state index contributed by atoms with van der Waals surface area (Å²) in [6, 6.07) is 15.9. The van der Waals surface area contributed by atoms with Crippen LogP contribution in [0.5, 0.6) is 0 Å². The van der Waals surface area contributed by atoms with E-state index < -0.39 is 10.0 Å². The topological polar surface area (TPSA) is 66.9 Å². The van der Waals surface area contributed by atoms with E-state index in [1.165, 1.54) is 21.3 Å². The largest absolute Gasteiger partial charge is 0.385 e. The zero-order chi connectivity index (χ0) is 25.0. The van der Waals surface area contributed by atoms with Crippen molar-refractivity contribution in [2.45, 2.75) is 30.7 Å². The monoisotopic (exact) mass is 532 g/mol. The average Bonchev–Trinajstić information content (AvgIpc) is 3.32. The number of rotatable bonds is 9. The van der Waals surface area contributed by atoms with E-state index in [1.807, 2.05) is 36.1 Å². The first-order valence-corrected chi connectivity index (χ1v) is 14.2. The number of sulfonamides is 1. The van der Waals surface area contributed by atoms with Crippen molar-refractivity contribution in [2.75, 3.05) is 33.4 Å². The first-order valence-electron chi connectivity index (χ1n) is 11.5. The Morgan fingerprint density at radius 3 is 2.60 bits per heavy atom. The van der Waals surface area contributed by atoms with Gasteiger partial charge in [0, 0.05) is 36.7 Å². The highest BCUT2D eigenvalue weighted by Crippen LogP contribution is 2.39. The summed E-state index contributed by atoms with van der Waals surface area (Å²) in [5.74, 6) is -0.218. The van der Waals surface area contributed by atoms with E-state index in [0.29, 0.717) is 24.6 Å². The number of halogens is 1. The summed E-state index contributed by atoms with van der Waals surface area (Å²) in [6.07, 6.45) is 1.24. The first-order chi connectivity index (χ1) is 16.8. The van der Waals surface area contributed by atoms with Crippen LogP contribution in [-0.2, 0) is 26.0 Å². The molecule has 4 rings (SSSR count). The number of amides is 1. The van der Waals surface area contributed by atoms with Gasteiger partial charge in [-0.25, -0.2) is 8.42 Å². The third-order valence-corrected chi connectivity index (χ3v) is 9.40. The third-order valence-electron chi connectivity index (χ3n) is 6.29. The number of ether oxygens (including phenoxy) is 1. The Bertz CT molecular complexity index is 1270. The Kier molecular flexibility index (Phi) is 8.29. The second-order valence-electron chi connectivity index (χ2n) is 8.53. The maximum Gasteiger partial charge on any atom is 0.243 e. The standard InChI is InChI=1S/C26H29ClN2O4S2/c1-19-6-3-4-7-22(19)26-23-13-17-34-24(23)12-15-29(26)25(30)18-28(14-5-16-33-2)35(31,32)21-10-8-20(27)9-11-21/h3-4,6-11,13,17,26H,5,12,14-16,18H2,1-2H3. The normalized spacial score (nSPS) is 15.9. The Balaban J connectivity index is 1.65. The molecule has 1 aromatic heterocycles. The lowest BCUT2D eigenvalue weighted by Gasteiger charge is -2.38. The van der Waals surface area contributed by atoms with E-state index in [4.69, 9.17) is 16.3 Å². The second kappa shape index (κ2) is 11.2. The van der Waals surface area contributed by atoms with Crippen LogP contribution in [0.4, 0.5) is 0 Å². The predicted octanol–water partition coefficient (Wildman–Crippen LogP) is 4.91. The van der Waals surface area contributed by atoms with Crippen LogP contribution in [0.25, 0.3) is 0 Å². The molecule has 0 saturated carbocycles. The van der Waals surface area contributed by atoms with Gasteiger partial charge in [-0.05, 0) is 72.2 Å². The van der Waals surface area contributed by atoms with Gasteiger partial charge in [0.05, 0.1) is 17.5 Å². The zero-order valence-electron chi connectivity index (χ0n) is 19.8. The van der Waals surface area contributed by atoms with E-state index >= 15 is 0 Å². The second-order valence-corrected chi connectivity index (χ2v) is 11.9. The van der Waals surface area contributed by atoms with Crippen LogP contribution < -0.4 is 0 Å². The van der Waals surface area contributed by atoms with Crippen LogP contribution in [0.3, 0.4) is 0 Å². The van der Waals surface area contributed by atoms with Crippen molar-refractivity contribution in [1.29, 1.82) is 0 Å². The van der Waals surface area contributed by atoms with Crippen LogP contribution in [0.2, 0.25) is 5.02 Å². The fraction of sp³-hybridized carbons (Fsp3) is 0.346. The van der Waals surface area contributed by atoms with Crippen molar-refractivity contribution in [3.05, 3.63) is 86.6 Å². The molecule has 0 N–H and O–H groups in total. The molecule has 0 bridgehead atoms. The van der Waals surface area contributed by atoms with Gasteiger partial charge in [-0.3, -0.25) is 4.79 Å². The van der Waals surface area contributed by atoms with Gasteiger partial charge in [0.1, 0.15) is 0 Å². The van der Waals surface area contributed by atoms with E-state index in [9.17, 15) is 13.2 Å². The van der Waals surface area contributed by atoms with Gasteiger partial charge in [-0.1, -0.05) is 35.9 Å². The van der Waals surface area contributed by atoms with Gasteiger partial charge >= 0.3 is 0 Å². The molecule has 1 unspecified atom stereocenters. The smallest absolute Gasteiger partial charge is 0.243 e. The van der Waals surface area contributed by atoms with Gasteiger partial charge in [0.15, 0.2) is 0 Å². The minimum atomic E-state index is -3.90. The van der Waals surface area contributed by atoms with Gasteiger partial charge in [0.2, 0.25) is 15.9 Å². The maximum atomic E-state index is 13.8.